The molecule has 4 nitrogen and oxygen atoms in total. The minimum absolute atomic E-state index is 0.338. The minimum Gasteiger partial charge on any atom is -0.444 e. The minimum atomic E-state index is 0.338. The average molecular weight is 210 g/mol. The molecular weight excluding hydrogens is 192 g/mol. The Morgan fingerprint density at radius 3 is 3.27 bits per heavy atom. The third-order valence-corrected chi connectivity index (χ3v) is 2.58. The van der Waals surface area contributed by atoms with Gasteiger partial charge in [0.15, 0.2) is 0 Å². The predicted molar refractivity (Wildman–Crippen MR) is 56.6 cm³/mol. The highest BCUT2D eigenvalue weighted by Gasteiger charge is 2.17. The van der Waals surface area contributed by atoms with Crippen molar-refractivity contribution in [2.75, 3.05) is 13.2 Å². The van der Waals surface area contributed by atoms with Gasteiger partial charge in [-0.1, -0.05) is 6.92 Å². The van der Waals surface area contributed by atoms with Crippen molar-refractivity contribution in [3.05, 3.63) is 17.8 Å². The number of hydrogen-bond donors (Lipinski definition) is 1. The summed E-state index contributed by atoms with van der Waals surface area (Å²) < 4.78 is 11.1. The summed E-state index contributed by atoms with van der Waals surface area (Å²) in [6.07, 6.45) is 5.32. The van der Waals surface area contributed by atoms with Gasteiger partial charge in [-0.2, -0.15) is 0 Å². The van der Waals surface area contributed by atoms with Gasteiger partial charge in [0.05, 0.1) is 18.8 Å². The molecule has 0 aromatic carbocycles. The molecule has 15 heavy (non-hydrogen) atoms. The van der Waals surface area contributed by atoms with Crippen LogP contribution in [0.1, 0.15) is 31.4 Å². The van der Waals surface area contributed by atoms with Crippen LogP contribution in [0.4, 0.5) is 0 Å². The van der Waals surface area contributed by atoms with Crippen LogP contribution in [0, 0.1) is 0 Å². The summed E-state index contributed by atoms with van der Waals surface area (Å²) in [5, 5.41) is 3.18. The maximum atomic E-state index is 5.59. The van der Waals surface area contributed by atoms with Gasteiger partial charge in [0.25, 0.3) is 0 Å². The van der Waals surface area contributed by atoms with Crippen LogP contribution in [-0.2, 0) is 17.7 Å². The Morgan fingerprint density at radius 1 is 1.60 bits per heavy atom. The monoisotopic (exact) mass is 210 g/mol. The second kappa shape index (κ2) is 5.28. The molecule has 1 unspecified atom stereocenters. The van der Waals surface area contributed by atoms with Crippen molar-refractivity contribution in [2.45, 2.75) is 38.8 Å². The molecule has 2 rings (SSSR count). The van der Waals surface area contributed by atoms with E-state index in [1.807, 2.05) is 6.20 Å². The van der Waals surface area contributed by atoms with Gasteiger partial charge in [0.1, 0.15) is 5.76 Å². The van der Waals surface area contributed by atoms with E-state index in [2.05, 4.69) is 17.2 Å². The van der Waals surface area contributed by atoms with E-state index in [0.29, 0.717) is 12.6 Å². The highest BCUT2D eigenvalue weighted by atomic mass is 16.5. The molecule has 1 saturated heterocycles. The lowest BCUT2D eigenvalue weighted by Gasteiger charge is -2.05. The first-order valence-electron chi connectivity index (χ1n) is 5.64. The lowest BCUT2D eigenvalue weighted by atomic mass is 10.1. The summed E-state index contributed by atoms with van der Waals surface area (Å²) in [5.74, 6) is 1.71. The Hall–Kier alpha value is -0.870. The van der Waals surface area contributed by atoms with Gasteiger partial charge in [-0.3, -0.25) is 0 Å². The number of hydrogen-bond acceptors (Lipinski definition) is 4. The number of aromatic nitrogens is 1. The Kier molecular flexibility index (Phi) is 3.75. The molecule has 0 aliphatic carbocycles. The molecule has 1 aliphatic rings. The molecule has 0 amide bonds. The molecule has 1 aromatic rings. The first kappa shape index (κ1) is 10.6. The largest absolute Gasteiger partial charge is 0.444 e. The number of rotatable bonds is 5. The van der Waals surface area contributed by atoms with Crippen molar-refractivity contribution in [3.63, 3.8) is 0 Å². The molecule has 0 radical (unpaired) electrons. The SMILES string of the molecule is CCNCc1ncc(CC2CCCO2)o1. The third kappa shape index (κ3) is 3.04. The van der Waals surface area contributed by atoms with E-state index >= 15 is 0 Å². The van der Waals surface area contributed by atoms with E-state index < -0.39 is 0 Å². The Labute approximate surface area is 90.0 Å². The van der Waals surface area contributed by atoms with Gasteiger partial charge in [0, 0.05) is 13.0 Å². The molecule has 2 heterocycles. The fourth-order valence-electron chi connectivity index (χ4n) is 1.79. The van der Waals surface area contributed by atoms with Gasteiger partial charge >= 0.3 is 0 Å². The van der Waals surface area contributed by atoms with Crippen LogP contribution in [0.25, 0.3) is 0 Å². The van der Waals surface area contributed by atoms with E-state index in [9.17, 15) is 0 Å². The van der Waals surface area contributed by atoms with E-state index in [0.717, 1.165) is 37.6 Å². The van der Waals surface area contributed by atoms with Crippen LogP contribution < -0.4 is 5.32 Å². The summed E-state index contributed by atoms with van der Waals surface area (Å²) in [7, 11) is 0. The smallest absolute Gasteiger partial charge is 0.208 e. The summed E-state index contributed by atoms with van der Waals surface area (Å²) in [4.78, 5) is 4.21. The number of oxazole rings is 1. The van der Waals surface area contributed by atoms with Crippen molar-refractivity contribution < 1.29 is 9.15 Å². The first-order valence-corrected chi connectivity index (χ1v) is 5.64. The normalized spacial score (nSPS) is 21.0. The molecule has 4 heteroatoms. The molecule has 1 fully saturated rings. The number of nitrogens with zero attached hydrogens (tertiary/aromatic N) is 1. The average Bonchev–Trinajstić information content (AvgIpc) is 2.87. The van der Waals surface area contributed by atoms with Crippen LogP contribution in [0.5, 0.6) is 0 Å². The molecule has 0 bridgehead atoms. The first-order chi connectivity index (χ1) is 7.38. The molecule has 1 aliphatic heterocycles. The standard InChI is InChI=1S/C11H18N2O2/c1-2-12-8-11-13-7-10(15-11)6-9-4-3-5-14-9/h7,9,12H,2-6,8H2,1H3. The van der Waals surface area contributed by atoms with Crippen molar-refractivity contribution in [2.24, 2.45) is 0 Å². The quantitative estimate of drug-likeness (QED) is 0.800. The molecule has 84 valence electrons. The van der Waals surface area contributed by atoms with E-state index in [4.69, 9.17) is 9.15 Å². The van der Waals surface area contributed by atoms with E-state index in [-0.39, 0.29) is 0 Å². The van der Waals surface area contributed by atoms with Crippen LogP contribution >= 0.6 is 0 Å². The van der Waals surface area contributed by atoms with Crippen molar-refractivity contribution >= 4 is 0 Å². The van der Waals surface area contributed by atoms with Crippen LogP contribution in [0.2, 0.25) is 0 Å². The molecule has 1 aromatic heterocycles. The third-order valence-electron chi connectivity index (χ3n) is 2.58. The Morgan fingerprint density at radius 2 is 2.53 bits per heavy atom. The number of ether oxygens (including phenoxy) is 1. The van der Waals surface area contributed by atoms with Gasteiger partial charge in [-0.25, -0.2) is 4.98 Å². The second-order valence-electron chi connectivity index (χ2n) is 3.84. The summed E-state index contributed by atoms with van der Waals surface area (Å²) in [6, 6.07) is 0. The van der Waals surface area contributed by atoms with Crippen LogP contribution in [0.15, 0.2) is 10.6 Å². The predicted octanol–water partition coefficient (Wildman–Crippen LogP) is 1.51. The van der Waals surface area contributed by atoms with Crippen molar-refractivity contribution in [1.29, 1.82) is 0 Å². The summed E-state index contributed by atoms with van der Waals surface area (Å²) in [5.41, 5.74) is 0. The molecule has 0 saturated carbocycles. The topological polar surface area (TPSA) is 47.3 Å². The Balaban J connectivity index is 1.83. The highest BCUT2D eigenvalue weighted by Crippen LogP contribution is 2.17. The maximum Gasteiger partial charge on any atom is 0.208 e. The summed E-state index contributed by atoms with van der Waals surface area (Å²) in [6.45, 7) is 4.60. The van der Waals surface area contributed by atoms with E-state index in [1.165, 1.54) is 6.42 Å². The van der Waals surface area contributed by atoms with Gasteiger partial charge in [-0.05, 0) is 19.4 Å². The molecule has 1 N–H and O–H groups in total. The highest BCUT2D eigenvalue weighted by molar-refractivity contribution is 4.96. The van der Waals surface area contributed by atoms with Crippen LogP contribution in [-0.4, -0.2) is 24.2 Å². The van der Waals surface area contributed by atoms with Gasteiger partial charge in [0.2, 0.25) is 5.89 Å². The van der Waals surface area contributed by atoms with Gasteiger partial charge < -0.3 is 14.5 Å². The number of nitrogens with one attached hydrogen (secondary N) is 1. The van der Waals surface area contributed by atoms with Crippen LogP contribution in [0.3, 0.4) is 0 Å². The maximum absolute atomic E-state index is 5.59. The lowest BCUT2D eigenvalue weighted by molar-refractivity contribution is 0.106. The lowest BCUT2D eigenvalue weighted by Crippen LogP contribution is -2.11. The zero-order chi connectivity index (χ0) is 10.5. The molecule has 0 spiro atoms. The van der Waals surface area contributed by atoms with Crippen molar-refractivity contribution in [1.82, 2.24) is 10.3 Å². The summed E-state index contributed by atoms with van der Waals surface area (Å²) >= 11 is 0. The zero-order valence-electron chi connectivity index (χ0n) is 9.16. The fourth-order valence-corrected chi connectivity index (χ4v) is 1.79. The second-order valence-corrected chi connectivity index (χ2v) is 3.84. The molecular formula is C11H18N2O2. The van der Waals surface area contributed by atoms with E-state index in [1.54, 1.807) is 0 Å². The Bertz CT molecular complexity index is 293. The fraction of sp³-hybridized carbons (Fsp3) is 0.727. The van der Waals surface area contributed by atoms with Crippen molar-refractivity contribution in [3.8, 4) is 0 Å². The van der Waals surface area contributed by atoms with Gasteiger partial charge in [-0.15, -0.1) is 0 Å². The zero-order valence-corrected chi connectivity index (χ0v) is 9.16. The molecule has 1 atom stereocenters.